The van der Waals surface area contributed by atoms with Crippen LogP contribution in [0, 0.1) is 0 Å². The molecule has 3 heterocycles. The molecule has 39 heavy (non-hydrogen) atoms. The number of nitrogens with zero attached hydrogens (tertiary/aromatic N) is 5. The quantitative estimate of drug-likeness (QED) is 0.229. The van der Waals surface area contributed by atoms with Crippen LogP contribution < -0.4 is 11.4 Å². The Morgan fingerprint density at radius 3 is 2.36 bits per heavy atom. The van der Waals surface area contributed by atoms with Gasteiger partial charge >= 0.3 is 13.3 Å². The van der Waals surface area contributed by atoms with Crippen molar-refractivity contribution in [2.45, 2.75) is 115 Å². The second-order valence-electron chi connectivity index (χ2n) is 10.7. The molecular weight excluding hydrogens is 531 g/mol. The van der Waals surface area contributed by atoms with E-state index in [9.17, 15) is 29.6 Å². The van der Waals surface area contributed by atoms with Crippen LogP contribution in [0.3, 0.4) is 0 Å². The molecule has 220 valence electrons. The van der Waals surface area contributed by atoms with Crippen LogP contribution >= 0.6 is 7.60 Å². The van der Waals surface area contributed by atoms with Crippen molar-refractivity contribution in [1.82, 2.24) is 24.5 Å². The molecule has 0 amide bonds. The summed E-state index contributed by atoms with van der Waals surface area (Å²) in [4.78, 5) is 27.2. The van der Waals surface area contributed by atoms with Crippen LogP contribution in [-0.4, -0.2) is 74.0 Å². The van der Waals surface area contributed by atoms with Gasteiger partial charge in [-0.05, 0) is 32.1 Å². The smallest absolute Gasteiger partial charge is 0.359 e. The van der Waals surface area contributed by atoms with E-state index in [4.69, 9.17) is 15.0 Å². The third-order valence-electron chi connectivity index (χ3n) is 7.54. The third-order valence-corrected chi connectivity index (χ3v) is 9.91. The predicted octanol–water partition coefficient (Wildman–Crippen LogP) is 1.48. The molecule has 6 unspecified atom stereocenters. The molecule has 15 heteroatoms. The van der Waals surface area contributed by atoms with E-state index in [1.165, 1.54) is 6.20 Å². The second kappa shape index (κ2) is 11.7. The third kappa shape index (κ3) is 6.43. The lowest BCUT2D eigenvalue weighted by atomic mass is 9.93. The molecule has 0 bridgehead atoms. The Bertz CT molecular complexity index is 1250. The molecule has 1 saturated heterocycles. The summed E-state index contributed by atoms with van der Waals surface area (Å²) < 4.78 is 27.2. The molecular formula is C24H41N6O8P. The first-order valence-corrected chi connectivity index (χ1v) is 14.7. The number of aliphatic hydroxyl groups excluding tert-OH is 2. The fourth-order valence-corrected chi connectivity index (χ4v) is 6.26. The fourth-order valence-electron chi connectivity index (χ4n) is 4.49. The number of ether oxygens (including phenoxy) is 1. The highest BCUT2D eigenvalue weighted by Crippen LogP contribution is 2.60. The lowest BCUT2D eigenvalue weighted by Gasteiger charge is -2.38. The standard InChI is InChI=1S/C24H41N6O8P/c1-7-23(6,38-39(35,36)24(34,8-2)9-3)10-17-18(31)19(32)21(37-17)30-12-15(20(25)26-22(30)33)11-29-13-16(14(4)5)27-28-29/h12-14,17-19,21,31-32,34H,7-11H2,1-6H3,(H,35,36)(H2,25,26,33). The van der Waals surface area contributed by atoms with E-state index in [1.54, 1.807) is 38.6 Å². The Hall–Kier alpha value is -2.19. The van der Waals surface area contributed by atoms with Crippen molar-refractivity contribution in [3.05, 3.63) is 34.1 Å². The van der Waals surface area contributed by atoms with Gasteiger partial charge < -0.3 is 35.2 Å². The maximum atomic E-state index is 13.0. The minimum Gasteiger partial charge on any atom is -0.388 e. The van der Waals surface area contributed by atoms with Crippen molar-refractivity contribution >= 4 is 13.4 Å². The number of hydrogen-bond acceptors (Lipinski definition) is 11. The fraction of sp³-hybridized carbons (Fsp3) is 0.750. The van der Waals surface area contributed by atoms with Gasteiger partial charge in [0.25, 0.3) is 0 Å². The van der Waals surface area contributed by atoms with E-state index >= 15 is 0 Å². The summed E-state index contributed by atoms with van der Waals surface area (Å²) in [5, 5.41) is 38.5. The summed E-state index contributed by atoms with van der Waals surface area (Å²) in [6.45, 7) is 10.6. The van der Waals surface area contributed by atoms with Crippen molar-refractivity contribution in [3.63, 3.8) is 0 Å². The lowest BCUT2D eigenvalue weighted by molar-refractivity contribution is -0.0721. The van der Waals surface area contributed by atoms with Gasteiger partial charge in [0.2, 0.25) is 0 Å². The molecule has 2 aromatic heterocycles. The summed E-state index contributed by atoms with van der Waals surface area (Å²) in [6, 6.07) is 0. The SMILES string of the molecule is CCC(C)(CC1OC(n2cc(Cn3cc(C(C)C)nn3)c(N)nc2=O)C(O)C1O)OP(=O)(O)C(O)(CC)CC. The van der Waals surface area contributed by atoms with Crippen LogP contribution in [0.1, 0.15) is 90.6 Å². The molecule has 6 atom stereocenters. The van der Waals surface area contributed by atoms with Gasteiger partial charge in [-0.25, -0.2) is 9.48 Å². The summed E-state index contributed by atoms with van der Waals surface area (Å²) in [7, 11) is -4.51. The number of anilines is 1. The zero-order valence-electron chi connectivity index (χ0n) is 23.3. The van der Waals surface area contributed by atoms with Crippen molar-refractivity contribution in [3.8, 4) is 0 Å². The van der Waals surface area contributed by atoms with Crippen LogP contribution in [-0.2, 0) is 20.4 Å². The van der Waals surface area contributed by atoms with Crippen molar-refractivity contribution in [1.29, 1.82) is 0 Å². The summed E-state index contributed by atoms with van der Waals surface area (Å²) in [6.07, 6.45) is -2.06. The zero-order chi connectivity index (χ0) is 29.3. The van der Waals surface area contributed by atoms with Gasteiger partial charge in [-0.2, -0.15) is 4.98 Å². The molecule has 6 N–H and O–H groups in total. The number of nitrogens with two attached hydrogens (primary N) is 1. The van der Waals surface area contributed by atoms with Crippen LogP contribution in [0.15, 0.2) is 17.2 Å². The van der Waals surface area contributed by atoms with Gasteiger partial charge in [0.05, 0.1) is 23.9 Å². The van der Waals surface area contributed by atoms with E-state index in [0.29, 0.717) is 5.56 Å². The summed E-state index contributed by atoms with van der Waals surface area (Å²) >= 11 is 0. The maximum absolute atomic E-state index is 13.0. The Morgan fingerprint density at radius 2 is 1.82 bits per heavy atom. The number of rotatable bonds is 12. The molecule has 0 spiro atoms. The van der Waals surface area contributed by atoms with Gasteiger partial charge in [0.1, 0.15) is 18.0 Å². The van der Waals surface area contributed by atoms with Crippen LogP contribution in [0.25, 0.3) is 0 Å². The summed E-state index contributed by atoms with van der Waals surface area (Å²) in [5.74, 6) is 0.145. The van der Waals surface area contributed by atoms with Gasteiger partial charge in [-0.15, -0.1) is 5.10 Å². The molecule has 0 saturated carbocycles. The largest absolute Gasteiger partial charge is 0.388 e. The van der Waals surface area contributed by atoms with E-state index in [2.05, 4.69) is 15.3 Å². The average molecular weight is 573 g/mol. The number of aromatic nitrogens is 5. The van der Waals surface area contributed by atoms with Gasteiger partial charge in [-0.1, -0.05) is 39.8 Å². The number of hydrogen-bond donors (Lipinski definition) is 5. The maximum Gasteiger partial charge on any atom is 0.359 e. The topological polar surface area (TPSA) is 208 Å². The minimum absolute atomic E-state index is 0.00315. The molecule has 0 aromatic carbocycles. The monoisotopic (exact) mass is 572 g/mol. The lowest BCUT2D eigenvalue weighted by Crippen LogP contribution is -2.40. The van der Waals surface area contributed by atoms with E-state index in [-0.39, 0.29) is 44.0 Å². The van der Waals surface area contributed by atoms with Crippen LogP contribution in [0.4, 0.5) is 5.82 Å². The van der Waals surface area contributed by atoms with Gasteiger partial charge in [0.15, 0.2) is 11.6 Å². The van der Waals surface area contributed by atoms with E-state index < -0.39 is 48.8 Å². The van der Waals surface area contributed by atoms with Crippen LogP contribution in [0.2, 0.25) is 0 Å². The first-order chi connectivity index (χ1) is 18.1. The average Bonchev–Trinajstić information content (AvgIpc) is 3.45. The van der Waals surface area contributed by atoms with Crippen LogP contribution in [0.5, 0.6) is 0 Å². The normalized spacial score (nSPS) is 25.1. The van der Waals surface area contributed by atoms with Crippen molar-refractivity contribution in [2.75, 3.05) is 5.73 Å². The van der Waals surface area contributed by atoms with E-state index in [1.807, 2.05) is 13.8 Å². The highest BCUT2D eigenvalue weighted by Gasteiger charge is 2.51. The molecule has 3 rings (SSSR count). The van der Waals surface area contributed by atoms with Crippen molar-refractivity contribution in [2.24, 2.45) is 0 Å². The van der Waals surface area contributed by atoms with Gasteiger partial charge in [0, 0.05) is 24.4 Å². The first-order valence-electron chi connectivity index (χ1n) is 13.2. The Labute approximate surface area is 227 Å². The highest BCUT2D eigenvalue weighted by molar-refractivity contribution is 7.54. The molecule has 1 fully saturated rings. The molecule has 0 aliphatic carbocycles. The molecule has 0 radical (unpaired) electrons. The Morgan fingerprint density at radius 1 is 1.18 bits per heavy atom. The first kappa shape index (κ1) is 31.3. The second-order valence-corrected chi connectivity index (χ2v) is 12.7. The Balaban J connectivity index is 1.84. The predicted molar refractivity (Wildman–Crippen MR) is 142 cm³/mol. The zero-order valence-corrected chi connectivity index (χ0v) is 24.2. The number of nitrogen functional groups attached to an aromatic ring is 1. The highest BCUT2D eigenvalue weighted by atomic mass is 31.2. The van der Waals surface area contributed by atoms with Crippen molar-refractivity contribution < 1.29 is 34.0 Å². The summed E-state index contributed by atoms with van der Waals surface area (Å²) in [5.41, 5.74) is 5.09. The minimum atomic E-state index is -4.51. The molecule has 1 aliphatic rings. The Kier molecular flexibility index (Phi) is 9.43. The molecule has 1 aliphatic heterocycles. The molecule has 2 aromatic rings. The number of aliphatic hydroxyl groups is 3. The van der Waals surface area contributed by atoms with E-state index in [0.717, 1.165) is 10.3 Å². The van der Waals surface area contributed by atoms with Gasteiger partial charge in [-0.3, -0.25) is 9.13 Å². The molecule has 14 nitrogen and oxygen atoms in total.